The SMILES string of the molecule is Cc1ccc(S(=O)(=O)N2CCN(C(=O)COC(=O)C34C[C@@H]5C[C@H](CC(Cl)(C5)C3)C4)CC2)c(C)c1. The third-order valence-electron chi connectivity index (χ3n) is 8.29. The molecule has 1 heterocycles. The number of halogens is 1. The van der Waals surface area contributed by atoms with Crippen LogP contribution in [0.25, 0.3) is 0 Å². The van der Waals surface area contributed by atoms with E-state index in [0.717, 1.165) is 37.7 Å². The number of rotatable bonds is 5. The molecule has 5 fully saturated rings. The quantitative estimate of drug-likeness (QED) is 0.450. The highest BCUT2D eigenvalue weighted by atomic mass is 35.5. The third kappa shape index (κ3) is 4.26. The highest BCUT2D eigenvalue weighted by Gasteiger charge is 2.60. The van der Waals surface area contributed by atoms with Crippen LogP contribution in [0.2, 0.25) is 0 Å². The molecule has 4 saturated carbocycles. The van der Waals surface area contributed by atoms with Crippen molar-refractivity contribution in [3.8, 4) is 0 Å². The van der Waals surface area contributed by atoms with Crippen LogP contribution >= 0.6 is 11.6 Å². The lowest BCUT2D eigenvalue weighted by atomic mass is 9.49. The number of alkyl halides is 1. The first-order valence-electron chi connectivity index (χ1n) is 12.2. The number of benzene rings is 1. The van der Waals surface area contributed by atoms with Crippen molar-refractivity contribution in [3.05, 3.63) is 29.3 Å². The van der Waals surface area contributed by atoms with Gasteiger partial charge >= 0.3 is 5.97 Å². The Kier molecular flexibility index (Phi) is 6.01. The van der Waals surface area contributed by atoms with Gasteiger partial charge < -0.3 is 9.64 Å². The van der Waals surface area contributed by atoms with Gasteiger partial charge in [0.05, 0.1) is 10.3 Å². The lowest BCUT2D eigenvalue weighted by molar-refractivity contribution is -0.173. The van der Waals surface area contributed by atoms with Crippen LogP contribution in [0, 0.1) is 31.1 Å². The van der Waals surface area contributed by atoms with E-state index in [2.05, 4.69) is 0 Å². The fourth-order valence-corrected chi connectivity index (χ4v) is 9.49. The number of hydrogen-bond donors (Lipinski definition) is 0. The van der Waals surface area contributed by atoms with Crippen LogP contribution in [0.4, 0.5) is 0 Å². The number of sulfonamides is 1. The summed E-state index contributed by atoms with van der Waals surface area (Å²) >= 11 is 6.82. The summed E-state index contributed by atoms with van der Waals surface area (Å²) < 4.78 is 33.2. The Morgan fingerprint density at radius 1 is 1.06 bits per heavy atom. The maximum absolute atomic E-state index is 13.1. The lowest BCUT2D eigenvalue weighted by Crippen LogP contribution is -2.56. The maximum atomic E-state index is 13.1. The zero-order valence-electron chi connectivity index (χ0n) is 19.9. The fraction of sp³-hybridized carbons (Fsp3) is 0.680. The topological polar surface area (TPSA) is 84.0 Å². The Bertz CT molecular complexity index is 1100. The van der Waals surface area contributed by atoms with Crippen molar-refractivity contribution < 1.29 is 22.7 Å². The van der Waals surface area contributed by atoms with E-state index in [9.17, 15) is 18.0 Å². The molecule has 7 nitrogen and oxygen atoms in total. The molecule has 1 saturated heterocycles. The summed E-state index contributed by atoms with van der Waals surface area (Å²) in [7, 11) is -3.62. The van der Waals surface area contributed by atoms with Gasteiger partial charge in [0.15, 0.2) is 6.61 Å². The van der Waals surface area contributed by atoms with Gasteiger partial charge in [-0.15, -0.1) is 11.6 Å². The number of nitrogens with zero attached hydrogens (tertiary/aromatic N) is 2. The zero-order valence-corrected chi connectivity index (χ0v) is 21.5. The predicted octanol–water partition coefficient (Wildman–Crippen LogP) is 3.26. The highest BCUT2D eigenvalue weighted by Crippen LogP contribution is 2.64. The van der Waals surface area contributed by atoms with Gasteiger partial charge in [0.2, 0.25) is 10.0 Å². The number of ether oxygens (including phenoxy) is 1. The Morgan fingerprint density at radius 2 is 1.71 bits per heavy atom. The molecule has 0 unspecified atom stereocenters. The summed E-state index contributed by atoms with van der Waals surface area (Å²) in [6.07, 6.45) is 5.40. The minimum atomic E-state index is -3.62. The van der Waals surface area contributed by atoms with Gasteiger partial charge in [-0.05, 0) is 75.8 Å². The number of hydrogen-bond acceptors (Lipinski definition) is 5. The minimum absolute atomic E-state index is 0.220. The van der Waals surface area contributed by atoms with Crippen LogP contribution in [0.1, 0.15) is 49.7 Å². The number of piperazine rings is 1. The molecule has 6 rings (SSSR count). The largest absolute Gasteiger partial charge is 0.455 e. The Hall–Kier alpha value is -1.64. The van der Waals surface area contributed by atoms with Gasteiger partial charge in [-0.2, -0.15) is 4.31 Å². The monoisotopic (exact) mass is 508 g/mol. The molecular weight excluding hydrogens is 476 g/mol. The van der Waals surface area contributed by atoms with Crippen molar-refractivity contribution in [1.29, 1.82) is 0 Å². The maximum Gasteiger partial charge on any atom is 0.312 e. The lowest BCUT2D eigenvalue weighted by Gasteiger charge is -2.58. The van der Waals surface area contributed by atoms with Crippen LogP contribution in [0.15, 0.2) is 23.1 Å². The van der Waals surface area contributed by atoms with Crippen molar-refractivity contribution in [2.75, 3.05) is 32.8 Å². The van der Waals surface area contributed by atoms with Gasteiger partial charge in [0, 0.05) is 31.1 Å². The molecule has 1 aromatic carbocycles. The van der Waals surface area contributed by atoms with Crippen LogP contribution < -0.4 is 0 Å². The van der Waals surface area contributed by atoms with Gasteiger partial charge in [-0.25, -0.2) is 8.42 Å². The average molecular weight is 509 g/mol. The Balaban J connectivity index is 1.16. The molecule has 0 spiro atoms. The van der Waals surface area contributed by atoms with E-state index in [1.54, 1.807) is 24.0 Å². The van der Waals surface area contributed by atoms with E-state index in [4.69, 9.17) is 16.3 Å². The Morgan fingerprint density at radius 3 is 2.29 bits per heavy atom. The zero-order chi connectivity index (χ0) is 24.3. The molecular formula is C25H33ClN2O5S. The molecule has 5 aliphatic rings. The molecule has 0 N–H and O–H groups in total. The number of carbonyl (C=O) groups excluding carboxylic acids is 2. The number of esters is 1. The van der Waals surface area contributed by atoms with E-state index < -0.39 is 15.4 Å². The molecule has 1 aliphatic heterocycles. The number of aryl methyl sites for hydroxylation is 2. The number of amides is 1. The third-order valence-corrected chi connectivity index (χ3v) is 10.8. The summed E-state index contributed by atoms with van der Waals surface area (Å²) in [6, 6.07) is 5.30. The van der Waals surface area contributed by atoms with Crippen LogP contribution in [0.3, 0.4) is 0 Å². The van der Waals surface area contributed by atoms with E-state index in [-0.39, 0.29) is 49.5 Å². The van der Waals surface area contributed by atoms with Crippen LogP contribution in [-0.2, 0) is 24.3 Å². The normalized spacial score (nSPS) is 33.2. The molecule has 2 atom stereocenters. The summed E-state index contributed by atoms with van der Waals surface area (Å²) in [5.74, 6) is 0.404. The summed E-state index contributed by atoms with van der Waals surface area (Å²) in [6.45, 7) is 4.42. The highest BCUT2D eigenvalue weighted by molar-refractivity contribution is 7.89. The van der Waals surface area contributed by atoms with Gasteiger partial charge in [0.1, 0.15) is 0 Å². The molecule has 9 heteroatoms. The van der Waals surface area contributed by atoms with Crippen LogP contribution in [0.5, 0.6) is 0 Å². The Labute approximate surface area is 206 Å². The first kappa shape index (κ1) is 24.1. The molecule has 4 bridgehead atoms. The second-order valence-corrected chi connectivity index (χ2v) is 13.7. The van der Waals surface area contributed by atoms with E-state index >= 15 is 0 Å². The summed E-state index contributed by atoms with van der Waals surface area (Å²) in [4.78, 5) is 27.5. The molecule has 0 radical (unpaired) electrons. The molecule has 0 aromatic heterocycles. The van der Waals surface area contributed by atoms with Crippen molar-refractivity contribution >= 4 is 33.5 Å². The molecule has 1 amide bonds. The molecule has 1 aromatic rings. The summed E-state index contributed by atoms with van der Waals surface area (Å²) in [5, 5.41) is 0. The second-order valence-electron chi connectivity index (χ2n) is 11.0. The first-order valence-corrected chi connectivity index (χ1v) is 14.0. The fourth-order valence-electron chi connectivity index (χ4n) is 7.17. The molecule has 186 valence electrons. The van der Waals surface area contributed by atoms with E-state index in [0.29, 0.717) is 28.7 Å². The summed E-state index contributed by atoms with van der Waals surface area (Å²) in [5.41, 5.74) is 1.19. The van der Waals surface area contributed by atoms with Crippen molar-refractivity contribution in [2.24, 2.45) is 17.3 Å². The predicted molar refractivity (Wildman–Crippen MR) is 128 cm³/mol. The number of carbonyl (C=O) groups is 2. The van der Waals surface area contributed by atoms with Crippen molar-refractivity contribution in [2.45, 2.75) is 62.1 Å². The molecule has 4 aliphatic carbocycles. The second kappa shape index (κ2) is 8.49. The van der Waals surface area contributed by atoms with E-state index in [1.807, 2.05) is 13.0 Å². The smallest absolute Gasteiger partial charge is 0.312 e. The van der Waals surface area contributed by atoms with E-state index in [1.165, 1.54) is 4.31 Å². The standard InChI is InChI=1S/C25H33ClN2O5S/c1-17-3-4-21(18(2)9-17)34(31,32)28-7-5-27(6-8-28)22(29)15-33-23(30)24-11-19-10-20(12-24)14-25(26,13-19)16-24/h3-4,9,19-20H,5-8,10-16H2,1-2H3/t19-,20-,24?,25?/m0/s1. The van der Waals surface area contributed by atoms with Gasteiger partial charge in [-0.1, -0.05) is 17.7 Å². The first-order chi connectivity index (χ1) is 16.0. The van der Waals surface area contributed by atoms with Crippen LogP contribution in [-0.4, -0.2) is 67.2 Å². The van der Waals surface area contributed by atoms with Crippen molar-refractivity contribution in [3.63, 3.8) is 0 Å². The minimum Gasteiger partial charge on any atom is -0.455 e. The van der Waals surface area contributed by atoms with Gasteiger partial charge in [-0.3, -0.25) is 9.59 Å². The van der Waals surface area contributed by atoms with Gasteiger partial charge in [0.25, 0.3) is 5.91 Å². The molecule has 34 heavy (non-hydrogen) atoms. The van der Waals surface area contributed by atoms with Crippen molar-refractivity contribution in [1.82, 2.24) is 9.21 Å². The average Bonchev–Trinajstić information content (AvgIpc) is 2.75.